The van der Waals surface area contributed by atoms with Gasteiger partial charge in [-0.25, -0.2) is 9.37 Å². The molecule has 22 heavy (non-hydrogen) atoms. The second-order valence-electron chi connectivity index (χ2n) is 5.91. The van der Waals surface area contributed by atoms with E-state index in [1.54, 1.807) is 24.4 Å². The number of imidazole rings is 1. The van der Waals surface area contributed by atoms with Crippen LogP contribution in [0.4, 0.5) is 4.39 Å². The quantitative estimate of drug-likeness (QED) is 0.860. The van der Waals surface area contributed by atoms with Gasteiger partial charge in [0.05, 0.1) is 5.75 Å². The SMILES string of the molecule is CC(C)(C)n1ccnc1SCC(=O)NCc1ccccc1F. The fraction of sp³-hybridized carbons (Fsp3) is 0.375. The van der Waals surface area contributed by atoms with Crippen LogP contribution in [0, 0.1) is 5.82 Å². The van der Waals surface area contributed by atoms with Crippen LogP contribution in [0.25, 0.3) is 0 Å². The molecule has 0 spiro atoms. The van der Waals surface area contributed by atoms with Crippen LogP contribution in [0.5, 0.6) is 0 Å². The topological polar surface area (TPSA) is 46.9 Å². The van der Waals surface area contributed by atoms with E-state index in [0.29, 0.717) is 5.56 Å². The second kappa shape index (κ2) is 6.96. The number of thioether (sulfide) groups is 1. The van der Waals surface area contributed by atoms with Crippen molar-refractivity contribution in [1.29, 1.82) is 0 Å². The van der Waals surface area contributed by atoms with E-state index in [2.05, 4.69) is 31.1 Å². The van der Waals surface area contributed by atoms with Crippen molar-refractivity contribution in [3.8, 4) is 0 Å². The van der Waals surface area contributed by atoms with Crippen molar-refractivity contribution in [2.45, 2.75) is 38.0 Å². The van der Waals surface area contributed by atoms with Crippen molar-refractivity contribution < 1.29 is 9.18 Å². The molecule has 0 atom stereocenters. The maximum absolute atomic E-state index is 13.5. The Morgan fingerprint density at radius 1 is 1.36 bits per heavy atom. The maximum Gasteiger partial charge on any atom is 0.230 e. The summed E-state index contributed by atoms with van der Waals surface area (Å²) in [5.41, 5.74) is 0.402. The standard InChI is InChI=1S/C16H20FN3OS/c1-16(2,3)20-9-8-18-15(20)22-11-14(21)19-10-12-6-4-5-7-13(12)17/h4-9H,10-11H2,1-3H3,(H,19,21). The summed E-state index contributed by atoms with van der Waals surface area (Å²) in [5, 5.41) is 3.52. The van der Waals surface area contributed by atoms with E-state index in [1.165, 1.54) is 17.8 Å². The zero-order chi connectivity index (χ0) is 16.2. The van der Waals surface area contributed by atoms with Crippen LogP contribution in [-0.4, -0.2) is 21.2 Å². The summed E-state index contributed by atoms with van der Waals surface area (Å²) < 4.78 is 15.5. The number of amides is 1. The number of hydrogen-bond acceptors (Lipinski definition) is 3. The van der Waals surface area contributed by atoms with E-state index in [-0.39, 0.29) is 29.6 Å². The first-order chi connectivity index (χ1) is 10.4. The zero-order valence-corrected chi connectivity index (χ0v) is 13.8. The molecule has 1 aromatic heterocycles. The molecule has 4 nitrogen and oxygen atoms in total. The lowest BCUT2D eigenvalue weighted by atomic mass is 10.1. The van der Waals surface area contributed by atoms with Gasteiger partial charge in [-0.1, -0.05) is 30.0 Å². The second-order valence-corrected chi connectivity index (χ2v) is 6.85. The minimum Gasteiger partial charge on any atom is -0.351 e. The highest BCUT2D eigenvalue weighted by molar-refractivity contribution is 7.99. The highest BCUT2D eigenvalue weighted by atomic mass is 32.2. The van der Waals surface area contributed by atoms with Crippen LogP contribution in [0.1, 0.15) is 26.3 Å². The van der Waals surface area contributed by atoms with E-state index in [0.717, 1.165) is 5.16 Å². The van der Waals surface area contributed by atoms with E-state index in [1.807, 2.05) is 10.8 Å². The van der Waals surface area contributed by atoms with Crippen molar-refractivity contribution in [2.75, 3.05) is 5.75 Å². The van der Waals surface area contributed by atoms with Gasteiger partial charge in [0, 0.05) is 30.0 Å². The first-order valence-electron chi connectivity index (χ1n) is 7.04. The van der Waals surface area contributed by atoms with Crippen LogP contribution in [0.2, 0.25) is 0 Å². The molecular formula is C16H20FN3OS. The summed E-state index contributed by atoms with van der Waals surface area (Å²) in [6, 6.07) is 6.42. The lowest BCUT2D eigenvalue weighted by Crippen LogP contribution is -2.26. The number of nitrogens with one attached hydrogen (secondary N) is 1. The fourth-order valence-electron chi connectivity index (χ4n) is 1.92. The third-order valence-electron chi connectivity index (χ3n) is 3.10. The van der Waals surface area contributed by atoms with E-state index >= 15 is 0 Å². The van der Waals surface area contributed by atoms with Gasteiger partial charge in [0.25, 0.3) is 0 Å². The van der Waals surface area contributed by atoms with Gasteiger partial charge < -0.3 is 9.88 Å². The minimum atomic E-state index is -0.307. The maximum atomic E-state index is 13.5. The van der Waals surface area contributed by atoms with E-state index in [4.69, 9.17) is 0 Å². The Morgan fingerprint density at radius 2 is 2.09 bits per heavy atom. The molecule has 0 saturated carbocycles. The van der Waals surface area contributed by atoms with Gasteiger partial charge in [-0.2, -0.15) is 0 Å². The highest BCUT2D eigenvalue weighted by Crippen LogP contribution is 2.23. The normalized spacial score (nSPS) is 11.5. The molecule has 0 saturated heterocycles. The molecule has 1 N–H and O–H groups in total. The molecule has 2 rings (SSSR count). The number of hydrogen-bond donors (Lipinski definition) is 1. The van der Waals surface area contributed by atoms with Crippen LogP contribution in [0.3, 0.4) is 0 Å². The third-order valence-corrected chi connectivity index (χ3v) is 4.06. The molecule has 0 aliphatic carbocycles. The molecule has 1 amide bonds. The average Bonchev–Trinajstić information content (AvgIpc) is 2.93. The number of rotatable bonds is 5. The lowest BCUT2D eigenvalue weighted by Gasteiger charge is -2.22. The summed E-state index contributed by atoms with van der Waals surface area (Å²) in [7, 11) is 0. The molecule has 6 heteroatoms. The number of aromatic nitrogens is 2. The predicted octanol–water partition coefficient (Wildman–Crippen LogP) is 3.19. The van der Waals surface area contributed by atoms with Gasteiger partial charge in [-0.15, -0.1) is 0 Å². The van der Waals surface area contributed by atoms with Crippen LogP contribution in [-0.2, 0) is 16.9 Å². The summed E-state index contributed by atoms with van der Waals surface area (Å²) in [4.78, 5) is 16.2. The number of benzene rings is 1. The minimum absolute atomic E-state index is 0.0809. The van der Waals surface area contributed by atoms with Gasteiger partial charge >= 0.3 is 0 Å². The van der Waals surface area contributed by atoms with E-state index < -0.39 is 0 Å². The highest BCUT2D eigenvalue weighted by Gasteiger charge is 2.17. The molecule has 0 fully saturated rings. The first kappa shape index (κ1) is 16.5. The zero-order valence-electron chi connectivity index (χ0n) is 13.0. The molecule has 2 aromatic rings. The molecule has 0 radical (unpaired) electrons. The summed E-state index contributed by atoms with van der Waals surface area (Å²) in [5.74, 6) is -0.197. The molecule has 1 aromatic carbocycles. The average molecular weight is 321 g/mol. The molecule has 0 aliphatic rings. The van der Waals surface area contributed by atoms with Crippen molar-refractivity contribution in [3.63, 3.8) is 0 Å². The first-order valence-corrected chi connectivity index (χ1v) is 8.03. The Hall–Kier alpha value is -1.82. The van der Waals surface area contributed by atoms with Gasteiger partial charge in [0.15, 0.2) is 5.16 Å². The fourth-order valence-corrected chi connectivity index (χ4v) is 2.90. The predicted molar refractivity (Wildman–Crippen MR) is 86.2 cm³/mol. The lowest BCUT2D eigenvalue weighted by molar-refractivity contribution is -0.118. The summed E-state index contributed by atoms with van der Waals surface area (Å²) in [6.45, 7) is 6.44. The largest absolute Gasteiger partial charge is 0.351 e. The summed E-state index contributed by atoms with van der Waals surface area (Å²) in [6.07, 6.45) is 3.63. The Morgan fingerprint density at radius 3 is 2.77 bits per heavy atom. The molecule has 1 heterocycles. The van der Waals surface area contributed by atoms with Crippen molar-refractivity contribution in [3.05, 3.63) is 48.0 Å². The summed E-state index contributed by atoms with van der Waals surface area (Å²) >= 11 is 1.37. The Balaban J connectivity index is 1.86. The molecule has 118 valence electrons. The number of carbonyl (C=O) groups is 1. The monoisotopic (exact) mass is 321 g/mol. The van der Waals surface area contributed by atoms with Gasteiger partial charge in [0.2, 0.25) is 5.91 Å². The molecule has 0 unspecified atom stereocenters. The van der Waals surface area contributed by atoms with Gasteiger partial charge in [0.1, 0.15) is 5.82 Å². The van der Waals surface area contributed by atoms with Gasteiger partial charge in [-0.05, 0) is 26.8 Å². The van der Waals surface area contributed by atoms with E-state index in [9.17, 15) is 9.18 Å². The van der Waals surface area contributed by atoms with Crippen LogP contribution < -0.4 is 5.32 Å². The Labute approximate surface area is 134 Å². The number of halogens is 1. The van der Waals surface area contributed by atoms with Crippen molar-refractivity contribution in [1.82, 2.24) is 14.9 Å². The number of carbonyl (C=O) groups excluding carboxylic acids is 1. The molecular weight excluding hydrogens is 301 g/mol. The van der Waals surface area contributed by atoms with Crippen molar-refractivity contribution in [2.24, 2.45) is 0 Å². The Kier molecular flexibility index (Phi) is 5.24. The van der Waals surface area contributed by atoms with Crippen LogP contribution in [0.15, 0.2) is 41.8 Å². The third kappa shape index (κ3) is 4.34. The van der Waals surface area contributed by atoms with Crippen molar-refractivity contribution >= 4 is 17.7 Å². The van der Waals surface area contributed by atoms with Crippen LogP contribution >= 0.6 is 11.8 Å². The molecule has 0 aliphatic heterocycles. The smallest absolute Gasteiger partial charge is 0.230 e. The number of nitrogens with zero attached hydrogens (tertiary/aromatic N) is 2. The van der Waals surface area contributed by atoms with Gasteiger partial charge in [-0.3, -0.25) is 4.79 Å². The Bertz CT molecular complexity index is 649. The molecule has 0 bridgehead atoms.